The molecule has 0 aliphatic carbocycles. The number of esters is 1. The molecule has 0 amide bonds. The maximum atomic E-state index is 11.7. The van der Waals surface area contributed by atoms with E-state index in [1.807, 2.05) is 0 Å². The molecule has 0 heterocycles. The summed E-state index contributed by atoms with van der Waals surface area (Å²) in [5, 5.41) is 9.16. The molecule has 0 aromatic heterocycles. The quantitative estimate of drug-likeness (QED) is 0.411. The Morgan fingerprint density at radius 1 is 0.833 bits per heavy atom. The lowest BCUT2D eigenvalue weighted by molar-refractivity contribution is 0.0422. The van der Waals surface area contributed by atoms with Gasteiger partial charge in [-0.2, -0.15) is 0 Å². The molecule has 24 heavy (non-hydrogen) atoms. The van der Waals surface area contributed by atoms with Crippen molar-refractivity contribution in [3.63, 3.8) is 0 Å². The van der Waals surface area contributed by atoms with Crippen molar-refractivity contribution in [2.45, 2.75) is 45.4 Å². The van der Waals surface area contributed by atoms with Crippen LogP contribution in [0.3, 0.4) is 0 Å². The molecule has 1 rings (SSSR count). The fourth-order valence-electron chi connectivity index (χ4n) is 2.10. The van der Waals surface area contributed by atoms with Crippen LogP contribution in [0.1, 0.15) is 55.8 Å². The Morgan fingerprint density at radius 2 is 1.42 bits per heavy atom. The van der Waals surface area contributed by atoms with Crippen LogP contribution in [0.5, 0.6) is 5.75 Å². The van der Waals surface area contributed by atoms with Gasteiger partial charge in [0.15, 0.2) is 0 Å². The lowest BCUT2D eigenvalue weighted by Gasteiger charge is -2.07. The topological polar surface area (TPSA) is 65.0 Å². The van der Waals surface area contributed by atoms with E-state index in [9.17, 15) is 4.79 Å². The summed E-state index contributed by atoms with van der Waals surface area (Å²) in [6.45, 7) is 5.34. The van der Waals surface area contributed by atoms with Gasteiger partial charge in [0.2, 0.25) is 0 Å². The average Bonchev–Trinajstić information content (AvgIpc) is 2.59. The first-order valence-electron chi connectivity index (χ1n) is 8.85. The first-order chi connectivity index (χ1) is 11.7. The van der Waals surface area contributed by atoms with Gasteiger partial charge in [-0.3, -0.25) is 0 Å². The Balaban J connectivity index is 1.87. The van der Waals surface area contributed by atoms with Crippen molar-refractivity contribution in [3.05, 3.63) is 29.8 Å². The molecule has 0 atom stereocenters. The number of carbonyl (C=O) groups excluding carboxylic acids is 1. The first-order valence-corrected chi connectivity index (χ1v) is 8.85. The van der Waals surface area contributed by atoms with E-state index in [2.05, 4.69) is 6.92 Å². The van der Waals surface area contributed by atoms with Crippen LogP contribution in [0, 0.1) is 0 Å². The van der Waals surface area contributed by atoms with Crippen LogP contribution in [0.2, 0.25) is 0 Å². The number of phenols is 1. The van der Waals surface area contributed by atoms with Gasteiger partial charge in [0.25, 0.3) is 0 Å². The number of hydrogen-bond acceptors (Lipinski definition) is 5. The van der Waals surface area contributed by atoms with Crippen LogP contribution in [0.4, 0.5) is 0 Å². The van der Waals surface area contributed by atoms with E-state index in [-0.39, 0.29) is 11.7 Å². The summed E-state index contributed by atoms with van der Waals surface area (Å²) in [5.41, 5.74) is 0.435. The van der Waals surface area contributed by atoms with E-state index < -0.39 is 0 Å². The number of unbranched alkanes of at least 4 members (excludes halogenated alkanes) is 3. The van der Waals surface area contributed by atoms with Crippen molar-refractivity contribution < 1.29 is 24.1 Å². The maximum Gasteiger partial charge on any atom is 0.338 e. The summed E-state index contributed by atoms with van der Waals surface area (Å²) >= 11 is 0. The Labute approximate surface area is 144 Å². The molecule has 0 bridgehead atoms. The predicted molar refractivity (Wildman–Crippen MR) is 93.4 cm³/mol. The van der Waals surface area contributed by atoms with E-state index in [0.29, 0.717) is 31.8 Å². The molecule has 0 unspecified atom stereocenters. The van der Waals surface area contributed by atoms with Gasteiger partial charge in [0.1, 0.15) is 5.75 Å². The largest absolute Gasteiger partial charge is 0.508 e. The number of phenolic OH excluding ortho intramolecular Hbond substituents is 1. The summed E-state index contributed by atoms with van der Waals surface area (Å²) in [4.78, 5) is 11.7. The second-order valence-corrected chi connectivity index (χ2v) is 5.68. The van der Waals surface area contributed by atoms with Gasteiger partial charge in [0, 0.05) is 32.8 Å². The minimum Gasteiger partial charge on any atom is -0.508 e. The standard InChI is InChI=1S/C19H30O5/c1-2-3-4-5-12-22-13-6-14-23-15-7-16-24-19(21)17-8-10-18(20)11-9-17/h8-11,20H,2-7,12-16H2,1H3. The molecule has 1 aromatic carbocycles. The molecular weight excluding hydrogens is 308 g/mol. The summed E-state index contributed by atoms with van der Waals surface area (Å²) in [5.74, 6) is -0.253. The minimum atomic E-state index is -0.383. The molecule has 0 saturated heterocycles. The Kier molecular flexibility index (Phi) is 11.8. The third-order valence-electron chi connectivity index (χ3n) is 3.49. The molecule has 1 aromatic rings. The summed E-state index contributed by atoms with van der Waals surface area (Å²) < 4.78 is 16.1. The van der Waals surface area contributed by atoms with Crippen molar-refractivity contribution in [3.8, 4) is 5.75 Å². The van der Waals surface area contributed by atoms with Crippen LogP contribution >= 0.6 is 0 Å². The van der Waals surface area contributed by atoms with E-state index in [0.717, 1.165) is 26.1 Å². The Hall–Kier alpha value is -1.59. The monoisotopic (exact) mass is 338 g/mol. The van der Waals surface area contributed by atoms with Gasteiger partial charge in [-0.15, -0.1) is 0 Å². The maximum absolute atomic E-state index is 11.7. The summed E-state index contributed by atoms with van der Waals surface area (Å²) in [7, 11) is 0. The zero-order chi connectivity index (χ0) is 17.5. The van der Waals surface area contributed by atoms with Crippen molar-refractivity contribution in [1.82, 2.24) is 0 Å². The van der Waals surface area contributed by atoms with E-state index in [1.54, 1.807) is 0 Å². The summed E-state index contributed by atoms with van der Waals surface area (Å²) in [6.07, 6.45) is 6.47. The van der Waals surface area contributed by atoms with Crippen LogP contribution in [-0.2, 0) is 14.2 Å². The first kappa shape index (κ1) is 20.5. The highest BCUT2D eigenvalue weighted by Gasteiger charge is 2.06. The van der Waals surface area contributed by atoms with Gasteiger partial charge >= 0.3 is 5.97 Å². The number of carbonyl (C=O) groups is 1. The molecule has 0 spiro atoms. The SMILES string of the molecule is CCCCCCOCCCOCCCOC(=O)c1ccc(O)cc1. The molecule has 1 N–H and O–H groups in total. The smallest absolute Gasteiger partial charge is 0.338 e. The number of ether oxygens (including phenoxy) is 3. The molecule has 0 aliphatic rings. The second-order valence-electron chi connectivity index (χ2n) is 5.68. The average molecular weight is 338 g/mol. The zero-order valence-electron chi connectivity index (χ0n) is 14.7. The highest BCUT2D eigenvalue weighted by molar-refractivity contribution is 5.89. The second kappa shape index (κ2) is 13.8. The molecule has 5 nitrogen and oxygen atoms in total. The summed E-state index contributed by atoms with van der Waals surface area (Å²) in [6, 6.07) is 6.00. The minimum absolute atomic E-state index is 0.130. The third-order valence-corrected chi connectivity index (χ3v) is 3.49. The number of hydrogen-bond donors (Lipinski definition) is 1. The third kappa shape index (κ3) is 10.2. The van der Waals surface area contributed by atoms with Crippen molar-refractivity contribution in [1.29, 1.82) is 0 Å². The molecule has 5 heteroatoms. The lowest BCUT2D eigenvalue weighted by atomic mass is 10.2. The van der Waals surface area contributed by atoms with Crippen LogP contribution in [-0.4, -0.2) is 44.1 Å². The van der Waals surface area contributed by atoms with Gasteiger partial charge in [-0.25, -0.2) is 4.79 Å². The van der Waals surface area contributed by atoms with Gasteiger partial charge in [-0.05, 0) is 37.1 Å². The van der Waals surface area contributed by atoms with Crippen molar-refractivity contribution >= 4 is 5.97 Å². The van der Waals surface area contributed by atoms with E-state index in [1.165, 1.54) is 43.5 Å². The van der Waals surface area contributed by atoms with Gasteiger partial charge in [-0.1, -0.05) is 26.2 Å². The van der Waals surface area contributed by atoms with E-state index >= 15 is 0 Å². The number of rotatable bonds is 14. The van der Waals surface area contributed by atoms with Gasteiger partial charge in [0.05, 0.1) is 12.2 Å². The zero-order valence-corrected chi connectivity index (χ0v) is 14.7. The highest BCUT2D eigenvalue weighted by atomic mass is 16.5. The fraction of sp³-hybridized carbons (Fsp3) is 0.632. The molecular formula is C19H30O5. The highest BCUT2D eigenvalue weighted by Crippen LogP contribution is 2.10. The van der Waals surface area contributed by atoms with Crippen molar-refractivity contribution in [2.24, 2.45) is 0 Å². The molecule has 0 saturated carbocycles. The van der Waals surface area contributed by atoms with Crippen molar-refractivity contribution in [2.75, 3.05) is 33.0 Å². The van der Waals surface area contributed by atoms with Crippen LogP contribution < -0.4 is 0 Å². The molecule has 136 valence electrons. The normalized spacial score (nSPS) is 10.7. The van der Waals surface area contributed by atoms with E-state index in [4.69, 9.17) is 19.3 Å². The number of benzene rings is 1. The molecule has 0 fully saturated rings. The number of aromatic hydroxyl groups is 1. The molecule has 0 aliphatic heterocycles. The molecule has 0 radical (unpaired) electrons. The fourth-order valence-corrected chi connectivity index (χ4v) is 2.10. The lowest BCUT2D eigenvalue weighted by Crippen LogP contribution is -2.09. The Bertz CT molecular complexity index is 430. The van der Waals surface area contributed by atoms with Crippen LogP contribution in [0.25, 0.3) is 0 Å². The predicted octanol–water partition coefficient (Wildman–Crippen LogP) is 3.94. The van der Waals surface area contributed by atoms with Crippen LogP contribution in [0.15, 0.2) is 24.3 Å². The van der Waals surface area contributed by atoms with Gasteiger partial charge < -0.3 is 19.3 Å². The Morgan fingerprint density at radius 3 is 2.04 bits per heavy atom.